The number of amides is 1. The summed E-state index contributed by atoms with van der Waals surface area (Å²) in [7, 11) is 0. The lowest BCUT2D eigenvalue weighted by atomic mass is 10.1. The first-order valence-electron chi connectivity index (χ1n) is 7.79. The minimum Gasteiger partial charge on any atom is -0.454 e. The highest BCUT2D eigenvalue weighted by Crippen LogP contribution is 2.16. The van der Waals surface area contributed by atoms with E-state index in [0.29, 0.717) is 6.04 Å². The molecule has 1 saturated heterocycles. The fraction of sp³-hybridized carbons (Fsp3) is 0.688. The molecule has 0 saturated carbocycles. The normalized spacial score (nSPS) is 19.8. The van der Waals surface area contributed by atoms with Crippen molar-refractivity contribution in [2.45, 2.75) is 58.2 Å². The van der Waals surface area contributed by atoms with Crippen LogP contribution in [0.25, 0.3) is 0 Å². The smallest absolute Gasteiger partial charge is 0.410 e. The Morgan fingerprint density at radius 2 is 2.18 bits per heavy atom. The highest BCUT2D eigenvalue weighted by molar-refractivity contribution is 14.1. The van der Waals surface area contributed by atoms with Gasteiger partial charge in [-0.2, -0.15) is 0 Å². The summed E-state index contributed by atoms with van der Waals surface area (Å²) in [6, 6.07) is 4.38. The largest absolute Gasteiger partial charge is 0.454 e. The number of halogens is 1. The summed E-state index contributed by atoms with van der Waals surface area (Å²) in [5.41, 5.74) is -0.433. The van der Waals surface area contributed by atoms with Crippen LogP contribution in [-0.2, 0) is 11.3 Å². The molecule has 5 nitrogen and oxygen atoms in total. The predicted octanol–water partition coefficient (Wildman–Crippen LogP) is 3.76. The summed E-state index contributed by atoms with van der Waals surface area (Å²) < 4.78 is 11.9. The monoisotopic (exact) mass is 420 g/mol. The molecule has 2 heterocycles. The Balaban J connectivity index is 1.78. The van der Waals surface area contributed by atoms with Gasteiger partial charge in [0.05, 0.1) is 6.54 Å². The molecule has 0 aliphatic carbocycles. The Bertz CT molecular complexity index is 496. The van der Waals surface area contributed by atoms with Gasteiger partial charge in [-0.15, -0.1) is 0 Å². The maximum Gasteiger partial charge on any atom is 0.410 e. The summed E-state index contributed by atoms with van der Waals surface area (Å²) in [5, 5.41) is 3.52. The first-order valence-corrected chi connectivity index (χ1v) is 8.87. The Kier molecular flexibility index (Phi) is 6.14. The number of carbonyl (C=O) groups excluding carboxylic acids is 1. The van der Waals surface area contributed by atoms with Gasteiger partial charge >= 0.3 is 6.09 Å². The van der Waals surface area contributed by atoms with Gasteiger partial charge in [0.1, 0.15) is 11.4 Å². The Labute approximate surface area is 145 Å². The average molecular weight is 420 g/mol. The Morgan fingerprint density at radius 3 is 2.82 bits per heavy atom. The van der Waals surface area contributed by atoms with Crippen LogP contribution in [0.5, 0.6) is 0 Å². The van der Waals surface area contributed by atoms with E-state index in [2.05, 4.69) is 27.9 Å². The van der Waals surface area contributed by atoms with E-state index in [9.17, 15) is 4.79 Å². The molecule has 0 radical (unpaired) electrons. The van der Waals surface area contributed by atoms with E-state index in [1.807, 2.05) is 37.8 Å². The fourth-order valence-corrected chi connectivity index (χ4v) is 2.96. The molecule has 22 heavy (non-hydrogen) atoms. The Hall–Kier alpha value is -0.760. The third kappa shape index (κ3) is 5.79. The standard InChI is InChI=1S/C16H25IN2O3/c1-16(2,3)22-15(20)19-9-4-5-12(8-10-19)18-11-13-6-7-14(17)21-13/h6-7,12,18H,4-5,8-11H2,1-3H3. The van der Waals surface area contributed by atoms with Crippen molar-refractivity contribution in [3.63, 3.8) is 0 Å². The molecule has 0 aromatic carbocycles. The number of furan rings is 1. The summed E-state index contributed by atoms with van der Waals surface area (Å²) in [4.78, 5) is 13.9. The van der Waals surface area contributed by atoms with Crippen LogP contribution in [0.3, 0.4) is 0 Å². The minimum atomic E-state index is -0.433. The molecule has 124 valence electrons. The van der Waals surface area contributed by atoms with Crippen LogP contribution in [0.1, 0.15) is 45.8 Å². The van der Waals surface area contributed by atoms with Crippen molar-refractivity contribution in [3.05, 3.63) is 21.7 Å². The lowest BCUT2D eigenvalue weighted by Gasteiger charge is -2.26. The number of hydrogen-bond acceptors (Lipinski definition) is 4. The first-order chi connectivity index (χ1) is 10.3. The molecule has 1 N–H and O–H groups in total. The van der Waals surface area contributed by atoms with E-state index in [0.717, 1.165) is 48.4 Å². The third-order valence-electron chi connectivity index (χ3n) is 3.57. The molecular weight excluding hydrogens is 395 g/mol. The molecule has 0 spiro atoms. The molecule has 0 bridgehead atoms. The van der Waals surface area contributed by atoms with Crippen molar-refractivity contribution in [1.82, 2.24) is 10.2 Å². The molecule has 1 aromatic heterocycles. The molecule has 1 fully saturated rings. The molecule has 6 heteroatoms. The lowest BCUT2D eigenvalue weighted by Crippen LogP contribution is -2.38. The zero-order valence-electron chi connectivity index (χ0n) is 13.5. The summed E-state index contributed by atoms with van der Waals surface area (Å²) in [5.74, 6) is 0.956. The highest BCUT2D eigenvalue weighted by Gasteiger charge is 2.25. The van der Waals surface area contributed by atoms with Crippen LogP contribution in [-0.4, -0.2) is 35.7 Å². The van der Waals surface area contributed by atoms with Crippen molar-refractivity contribution in [1.29, 1.82) is 0 Å². The second-order valence-corrected chi connectivity index (χ2v) is 7.75. The molecule has 1 aliphatic heterocycles. The lowest BCUT2D eigenvalue weighted by molar-refractivity contribution is 0.0256. The Morgan fingerprint density at radius 1 is 1.41 bits per heavy atom. The zero-order valence-corrected chi connectivity index (χ0v) is 15.7. The van der Waals surface area contributed by atoms with Crippen LogP contribution in [0.15, 0.2) is 16.5 Å². The van der Waals surface area contributed by atoms with Crippen molar-refractivity contribution in [2.24, 2.45) is 0 Å². The van der Waals surface area contributed by atoms with Crippen LogP contribution in [0.4, 0.5) is 4.79 Å². The number of nitrogens with zero attached hydrogens (tertiary/aromatic N) is 1. The van der Waals surface area contributed by atoms with Gasteiger partial charge in [0.15, 0.2) is 3.77 Å². The number of rotatable bonds is 3. The number of hydrogen-bond donors (Lipinski definition) is 1. The van der Waals surface area contributed by atoms with Crippen molar-refractivity contribution < 1.29 is 13.9 Å². The van der Waals surface area contributed by atoms with E-state index in [1.54, 1.807) is 0 Å². The van der Waals surface area contributed by atoms with Gasteiger partial charge in [0, 0.05) is 19.1 Å². The van der Waals surface area contributed by atoms with Gasteiger partial charge in [0.2, 0.25) is 0 Å². The number of nitrogens with one attached hydrogen (secondary N) is 1. The number of carbonyl (C=O) groups is 1. The minimum absolute atomic E-state index is 0.200. The third-order valence-corrected chi connectivity index (χ3v) is 4.15. The maximum atomic E-state index is 12.1. The molecular formula is C16H25IN2O3. The fourth-order valence-electron chi connectivity index (χ4n) is 2.50. The van der Waals surface area contributed by atoms with Gasteiger partial charge in [-0.3, -0.25) is 0 Å². The van der Waals surface area contributed by atoms with Gasteiger partial charge < -0.3 is 19.4 Å². The molecule has 1 atom stereocenters. The van der Waals surface area contributed by atoms with Crippen LogP contribution >= 0.6 is 22.6 Å². The molecule has 1 aromatic rings. The van der Waals surface area contributed by atoms with Crippen molar-refractivity contribution in [3.8, 4) is 0 Å². The summed E-state index contributed by atoms with van der Waals surface area (Å²) >= 11 is 2.17. The second-order valence-electron chi connectivity index (χ2n) is 6.68. The summed E-state index contributed by atoms with van der Waals surface area (Å²) in [6.07, 6.45) is 2.80. The van der Waals surface area contributed by atoms with E-state index >= 15 is 0 Å². The summed E-state index contributed by atoms with van der Waals surface area (Å²) in [6.45, 7) is 7.95. The van der Waals surface area contributed by atoms with E-state index in [4.69, 9.17) is 9.15 Å². The second kappa shape index (κ2) is 7.68. The van der Waals surface area contributed by atoms with Crippen molar-refractivity contribution in [2.75, 3.05) is 13.1 Å². The van der Waals surface area contributed by atoms with E-state index < -0.39 is 5.60 Å². The van der Waals surface area contributed by atoms with Crippen LogP contribution < -0.4 is 5.32 Å². The number of likely N-dealkylation sites (tertiary alicyclic amines) is 1. The SMILES string of the molecule is CC(C)(C)OC(=O)N1CCCC(NCc2ccc(I)o2)CC1. The predicted molar refractivity (Wildman–Crippen MR) is 93.7 cm³/mol. The van der Waals surface area contributed by atoms with Crippen LogP contribution in [0.2, 0.25) is 0 Å². The van der Waals surface area contributed by atoms with Gasteiger partial charge in [-0.05, 0) is 74.8 Å². The molecule has 2 rings (SSSR count). The number of ether oxygens (including phenoxy) is 1. The average Bonchev–Trinajstić information content (AvgIpc) is 2.69. The molecule has 1 unspecified atom stereocenters. The molecule has 1 amide bonds. The van der Waals surface area contributed by atoms with Gasteiger partial charge in [-0.1, -0.05) is 0 Å². The highest BCUT2D eigenvalue weighted by atomic mass is 127. The first kappa shape index (κ1) is 17.6. The topological polar surface area (TPSA) is 54.7 Å². The molecule has 1 aliphatic rings. The van der Waals surface area contributed by atoms with Crippen molar-refractivity contribution >= 4 is 28.7 Å². The van der Waals surface area contributed by atoms with Gasteiger partial charge in [0.25, 0.3) is 0 Å². The van der Waals surface area contributed by atoms with Gasteiger partial charge in [-0.25, -0.2) is 4.79 Å². The van der Waals surface area contributed by atoms with E-state index in [-0.39, 0.29) is 6.09 Å². The maximum absolute atomic E-state index is 12.1. The van der Waals surface area contributed by atoms with E-state index in [1.165, 1.54) is 0 Å². The zero-order chi connectivity index (χ0) is 16.2. The van der Waals surface area contributed by atoms with Crippen LogP contribution in [0, 0.1) is 3.77 Å². The quantitative estimate of drug-likeness (QED) is 0.757.